The van der Waals surface area contributed by atoms with Crippen LogP contribution >= 0.6 is 0 Å². The highest BCUT2D eigenvalue weighted by Gasteiger charge is 2.29. The summed E-state index contributed by atoms with van der Waals surface area (Å²) in [7, 11) is 3.77. The van der Waals surface area contributed by atoms with E-state index < -0.39 is 0 Å². The molecule has 1 saturated heterocycles. The Morgan fingerprint density at radius 2 is 2.27 bits per heavy atom. The van der Waals surface area contributed by atoms with Gasteiger partial charge < -0.3 is 10.1 Å². The lowest BCUT2D eigenvalue weighted by Crippen LogP contribution is -2.57. The van der Waals surface area contributed by atoms with Gasteiger partial charge in [0.2, 0.25) is 0 Å². The van der Waals surface area contributed by atoms with Crippen LogP contribution in [0.25, 0.3) is 0 Å². The quantitative estimate of drug-likeness (QED) is 0.619. The molecular formula is C8H18N2O. The average Bonchev–Trinajstić information content (AvgIpc) is 1.86. The van der Waals surface area contributed by atoms with Gasteiger partial charge in [-0.15, -0.1) is 0 Å². The number of likely N-dealkylation sites (N-methyl/N-ethyl adjacent to an activating group) is 1. The van der Waals surface area contributed by atoms with Gasteiger partial charge in [0, 0.05) is 32.8 Å². The summed E-state index contributed by atoms with van der Waals surface area (Å²) >= 11 is 0. The zero-order valence-corrected chi connectivity index (χ0v) is 7.63. The fraction of sp³-hybridized carbons (Fsp3) is 1.00. The van der Waals surface area contributed by atoms with Crippen molar-refractivity contribution in [1.82, 2.24) is 10.2 Å². The summed E-state index contributed by atoms with van der Waals surface area (Å²) in [6, 6.07) is 0.645. The molecular weight excluding hydrogens is 140 g/mol. The third kappa shape index (κ3) is 2.15. The molecule has 0 radical (unpaired) electrons. The first-order valence-electron chi connectivity index (χ1n) is 4.19. The highest BCUT2D eigenvalue weighted by molar-refractivity contribution is 4.84. The van der Waals surface area contributed by atoms with Crippen LogP contribution in [0.4, 0.5) is 0 Å². The van der Waals surface area contributed by atoms with Gasteiger partial charge in [0.15, 0.2) is 0 Å². The van der Waals surface area contributed by atoms with Crippen molar-refractivity contribution in [3.63, 3.8) is 0 Å². The van der Waals surface area contributed by atoms with Gasteiger partial charge in [-0.1, -0.05) is 0 Å². The Bertz CT molecular complexity index is 113. The van der Waals surface area contributed by atoms with Gasteiger partial charge >= 0.3 is 0 Å². The van der Waals surface area contributed by atoms with Gasteiger partial charge in [-0.05, 0) is 14.0 Å². The Balaban J connectivity index is 2.10. The first-order chi connectivity index (χ1) is 5.27. The predicted octanol–water partition coefficient (Wildman–Crippen LogP) is -0.0751. The minimum absolute atomic E-state index is 0.481. The van der Waals surface area contributed by atoms with Crippen molar-refractivity contribution in [1.29, 1.82) is 0 Å². The molecule has 0 aromatic carbocycles. The summed E-state index contributed by atoms with van der Waals surface area (Å²) < 4.78 is 5.18. The molecule has 1 heterocycles. The fourth-order valence-corrected chi connectivity index (χ4v) is 1.40. The van der Waals surface area contributed by atoms with Crippen LogP contribution in [0, 0.1) is 0 Å². The first-order valence-corrected chi connectivity index (χ1v) is 4.19. The summed E-state index contributed by atoms with van der Waals surface area (Å²) in [5.41, 5.74) is 0. The van der Waals surface area contributed by atoms with Gasteiger partial charge in [0.05, 0.1) is 6.10 Å². The van der Waals surface area contributed by atoms with E-state index in [0.717, 1.165) is 19.6 Å². The summed E-state index contributed by atoms with van der Waals surface area (Å²) in [5, 5.41) is 3.17. The standard InChI is InChI=1S/C8H18N2O/c1-7(4-9-2)10-5-8(6-10)11-3/h7-9H,4-6H2,1-3H3. The number of ether oxygens (including phenoxy) is 1. The maximum atomic E-state index is 5.18. The van der Waals surface area contributed by atoms with E-state index in [1.165, 1.54) is 0 Å². The molecule has 11 heavy (non-hydrogen) atoms. The van der Waals surface area contributed by atoms with E-state index in [0.29, 0.717) is 12.1 Å². The molecule has 1 rings (SSSR count). The molecule has 3 nitrogen and oxygen atoms in total. The van der Waals surface area contributed by atoms with E-state index in [1.807, 2.05) is 7.05 Å². The minimum atomic E-state index is 0.481. The number of rotatable bonds is 4. The number of methoxy groups -OCH3 is 1. The molecule has 1 fully saturated rings. The second kappa shape index (κ2) is 4.04. The van der Waals surface area contributed by atoms with Gasteiger partial charge in [-0.25, -0.2) is 0 Å². The van der Waals surface area contributed by atoms with Crippen molar-refractivity contribution in [2.75, 3.05) is 33.8 Å². The van der Waals surface area contributed by atoms with E-state index in [2.05, 4.69) is 17.1 Å². The van der Waals surface area contributed by atoms with Crippen molar-refractivity contribution in [2.24, 2.45) is 0 Å². The lowest BCUT2D eigenvalue weighted by atomic mass is 10.1. The molecule has 1 atom stereocenters. The summed E-state index contributed by atoms with van der Waals surface area (Å²) in [6.45, 7) is 5.50. The van der Waals surface area contributed by atoms with Gasteiger partial charge in [-0.3, -0.25) is 4.90 Å². The normalized spacial score (nSPS) is 23.2. The fourth-order valence-electron chi connectivity index (χ4n) is 1.40. The lowest BCUT2D eigenvalue weighted by Gasteiger charge is -2.42. The Kier molecular flexibility index (Phi) is 3.30. The van der Waals surface area contributed by atoms with Gasteiger partial charge in [0.25, 0.3) is 0 Å². The Morgan fingerprint density at radius 1 is 1.64 bits per heavy atom. The highest BCUT2D eigenvalue weighted by atomic mass is 16.5. The molecule has 1 aliphatic heterocycles. The maximum absolute atomic E-state index is 5.18. The Labute approximate surface area is 68.7 Å². The molecule has 1 aliphatic rings. The number of likely N-dealkylation sites (tertiary alicyclic amines) is 1. The first kappa shape index (κ1) is 8.97. The van der Waals surface area contributed by atoms with Crippen molar-refractivity contribution in [2.45, 2.75) is 19.1 Å². The zero-order valence-electron chi connectivity index (χ0n) is 7.63. The molecule has 0 saturated carbocycles. The molecule has 3 heteroatoms. The van der Waals surface area contributed by atoms with Crippen molar-refractivity contribution < 1.29 is 4.74 Å². The number of hydrogen-bond acceptors (Lipinski definition) is 3. The second-order valence-corrected chi connectivity index (χ2v) is 3.22. The summed E-state index contributed by atoms with van der Waals surface area (Å²) in [4.78, 5) is 2.42. The van der Waals surface area contributed by atoms with Crippen LogP contribution in [0.3, 0.4) is 0 Å². The summed E-state index contributed by atoms with van der Waals surface area (Å²) in [5.74, 6) is 0. The number of nitrogens with one attached hydrogen (secondary N) is 1. The number of hydrogen-bond donors (Lipinski definition) is 1. The molecule has 1 N–H and O–H groups in total. The molecule has 0 amide bonds. The lowest BCUT2D eigenvalue weighted by molar-refractivity contribution is -0.0464. The maximum Gasteiger partial charge on any atom is 0.0825 e. The summed E-state index contributed by atoms with van der Waals surface area (Å²) in [6.07, 6.45) is 0.481. The van der Waals surface area contributed by atoms with Crippen molar-refractivity contribution in [3.8, 4) is 0 Å². The van der Waals surface area contributed by atoms with E-state index in [-0.39, 0.29) is 0 Å². The SMILES string of the molecule is CNCC(C)N1CC(OC)C1. The molecule has 0 bridgehead atoms. The molecule has 0 aromatic heterocycles. The third-order valence-corrected chi connectivity index (χ3v) is 2.33. The average molecular weight is 158 g/mol. The van der Waals surface area contributed by atoms with Crippen LogP contribution in [0.5, 0.6) is 0 Å². The monoisotopic (exact) mass is 158 g/mol. The Hall–Kier alpha value is -0.120. The van der Waals surface area contributed by atoms with E-state index >= 15 is 0 Å². The van der Waals surface area contributed by atoms with Crippen LogP contribution in [0.15, 0.2) is 0 Å². The molecule has 0 spiro atoms. The van der Waals surface area contributed by atoms with E-state index in [1.54, 1.807) is 7.11 Å². The van der Waals surface area contributed by atoms with E-state index in [9.17, 15) is 0 Å². The van der Waals surface area contributed by atoms with Crippen LogP contribution in [0.1, 0.15) is 6.92 Å². The topological polar surface area (TPSA) is 24.5 Å². The molecule has 1 unspecified atom stereocenters. The third-order valence-electron chi connectivity index (χ3n) is 2.33. The zero-order chi connectivity index (χ0) is 8.27. The van der Waals surface area contributed by atoms with Crippen LogP contribution in [-0.2, 0) is 4.74 Å². The smallest absolute Gasteiger partial charge is 0.0825 e. The molecule has 0 aromatic rings. The van der Waals surface area contributed by atoms with Gasteiger partial charge in [-0.2, -0.15) is 0 Å². The van der Waals surface area contributed by atoms with Gasteiger partial charge in [0.1, 0.15) is 0 Å². The molecule has 0 aliphatic carbocycles. The van der Waals surface area contributed by atoms with Crippen molar-refractivity contribution in [3.05, 3.63) is 0 Å². The molecule has 66 valence electrons. The van der Waals surface area contributed by atoms with E-state index in [4.69, 9.17) is 4.74 Å². The minimum Gasteiger partial charge on any atom is -0.379 e. The number of nitrogens with zero attached hydrogens (tertiary/aromatic N) is 1. The van der Waals surface area contributed by atoms with Crippen molar-refractivity contribution >= 4 is 0 Å². The predicted molar refractivity (Wildman–Crippen MR) is 45.8 cm³/mol. The highest BCUT2D eigenvalue weighted by Crippen LogP contribution is 2.13. The van der Waals surface area contributed by atoms with Crippen LogP contribution < -0.4 is 5.32 Å². The van der Waals surface area contributed by atoms with Crippen LogP contribution in [-0.4, -0.2) is 50.8 Å². The second-order valence-electron chi connectivity index (χ2n) is 3.22. The Morgan fingerprint density at radius 3 is 2.73 bits per heavy atom. The van der Waals surface area contributed by atoms with Crippen LogP contribution in [0.2, 0.25) is 0 Å². The largest absolute Gasteiger partial charge is 0.379 e.